The van der Waals surface area contributed by atoms with Gasteiger partial charge in [0.15, 0.2) is 0 Å². The fraction of sp³-hybridized carbons (Fsp3) is 0.286. The molecular formula is C21H20N6O5. The van der Waals surface area contributed by atoms with Crippen LogP contribution in [0.2, 0.25) is 0 Å². The van der Waals surface area contributed by atoms with Gasteiger partial charge in [-0.05, 0) is 25.6 Å². The zero-order valence-electron chi connectivity index (χ0n) is 17.2. The number of hydrogen-bond donors (Lipinski definition) is 2. The van der Waals surface area contributed by atoms with Crippen molar-refractivity contribution in [2.24, 2.45) is 0 Å². The van der Waals surface area contributed by atoms with E-state index in [1.54, 1.807) is 36.6 Å². The predicted octanol–water partition coefficient (Wildman–Crippen LogP) is -0.0517. The SMILES string of the molecule is CN(CC(=O)Nc1cccc2c1C(=O)N(C1CCC(=O)NC1=O)C2=O)Cc1cnccn1. The van der Waals surface area contributed by atoms with Gasteiger partial charge in [-0.2, -0.15) is 0 Å². The molecule has 3 heterocycles. The maximum atomic E-state index is 13.1. The van der Waals surface area contributed by atoms with Crippen LogP contribution in [0.4, 0.5) is 5.69 Å². The summed E-state index contributed by atoms with van der Waals surface area (Å²) in [6.07, 6.45) is 4.82. The predicted molar refractivity (Wildman–Crippen MR) is 110 cm³/mol. The van der Waals surface area contributed by atoms with Gasteiger partial charge in [0.1, 0.15) is 6.04 Å². The van der Waals surface area contributed by atoms with Crippen molar-refractivity contribution in [3.8, 4) is 0 Å². The van der Waals surface area contributed by atoms with Gasteiger partial charge in [0.2, 0.25) is 17.7 Å². The third-order valence-electron chi connectivity index (χ3n) is 5.20. The van der Waals surface area contributed by atoms with Gasteiger partial charge in [-0.1, -0.05) is 6.07 Å². The van der Waals surface area contributed by atoms with Crippen molar-refractivity contribution in [2.75, 3.05) is 18.9 Å². The fourth-order valence-electron chi connectivity index (χ4n) is 3.80. The number of carbonyl (C=O) groups is 5. The third-order valence-corrected chi connectivity index (χ3v) is 5.20. The first-order valence-electron chi connectivity index (χ1n) is 9.93. The van der Waals surface area contributed by atoms with Crippen molar-refractivity contribution in [1.82, 2.24) is 25.1 Å². The van der Waals surface area contributed by atoms with E-state index in [9.17, 15) is 24.0 Å². The van der Waals surface area contributed by atoms with Gasteiger partial charge < -0.3 is 5.32 Å². The molecule has 164 valence electrons. The normalized spacial score (nSPS) is 18.1. The Kier molecular flexibility index (Phi) is 5.73. The fourth-order valence-corrected chi connectivity index (χ4v) is 3.80. The highest BCUT2D eigenvalue weighted by molar-refractivity contribution is 6.26. The number of amides is 5. The number of nitrogens with zero attached hydrogens (tertiary/aromatic N) is 4. The summed E-state index contributed by atoms with van der Waals surface area (Å²) in [7, 11) is 1.74. The Morgan fingerprint density at radius 2 is 2.03 bits per heavy atom. The molecule has 1 aromatic heterocycles. The molecule has 0 bridgehead atoms. The van der Waals surface area contributed by atoms with E-state index in [0.717, 1.165) is 4.90 Å². The highest BCUT2D eigenvalue weighted by atomic mass is 16.2. The third kappa shape index (κ3) is 4.10. The van der Waals surface area contributed by atoms with Crippen molar-refractivity contribution in [3.63, 3.8) is 0 Å². The molecule has 2 N–H and O–H groups in total. The zero-order valence-corrected chi connectivity index (χ0v) is 17.2. The van der Waals surface area contributed by atoms with Crippen molar-refractivity contribution in [2.45, 2.75) is 25.4 Å². The van der Waals surface area contributed by atoms with E-state index in [2.05, 4.69) is 20.6 Å². The van der Waals surface area contributed by atoms with Gasteiger partial charge >= 0.3 is 0 Å². The van der Waals surface area contributed by atoms with Gasteiger partial charge in [-0.15, -0.1) is 0 Å². The maximum Gasteiger partial charge on any atom is 0.264 e. The van der Waals surface area contributed by atoms with Crippen LogP contribution < -0.4 is 10.6 Å². The average molecular weight is 436 g/mol. The van der Waals surface area contributed by atoms with Crippen LogP contribution >= 0.6 is 0 Å². The largest absolute Gasteiger partial charge is 0.324 e. The first-order chi connectivity index (χ1) is 15.3. The Morgan fingerprint density at radius 3 is 2.75 bits per heavy atom. The van der Waals surface area contributed by atoms with Crippen LogP contribution in [0.1, 0.15) is 39.3 Å². The number of piperidine rings is 1. The molecule has 0 aliphatic carbocycles. The highest BCUT2D eigenvalue weighted by Gasteiger charge is 2.45. The van der Waals surface area contributed by atoms with Crippen molar-refractivity contribution in [3.05, 3.63) is 53.6 Å². The average Bonchev–Trinajstić information content (AvgIpc) is 3.00. The minimum atomic E-state index is -1.07. The lowest BCUT2D eigenvalue weighted by atomic mass is 10.0. The number of likely N-dealkylation sites (N-methyl/N-ethyl adjacent to an activating group) is 1. The number of nitrogens with one attached hydrogen (secondary N) is 2. The summed E-state index contributed by atoms with van der Waals surface area (Å²) in [4.78, 5) is 72.8. The number of anilines is 1. The van der Waals surface area contributed by atoms with Crippen molar-refractivity contribution < 1.29 is 24.0 Å². The topological polar surface area (TPSA) is 142 Å². The molecule has 11 heteroatoms. The van der Waals surface area contributed by atoms with E-state index in [4.69, 9.17) is 0 Å². The van der Waals surface area contributed by atoms with E-state index in [-0.39, 0.29) is 42.1 Å². The summed E-state index contributed by atoms with van der Waals surface area (Å²) >= 11 is 0. The Balaban J connectivity index is 1.48. The second-order valence-corrected chi connectivity index (χ2v) is 7.59. The van der Waals surface area contributed by atoms with E-state index in [0.29, 0.717) is 12.2 Å². The van der Waals surface area contributed by atoms with Crippen LogP contribution in [0.5, 0.6) is 0 Å². The molecule has 5 amide bonds. The minimum Gasteiger partial charge on any atom is -0.324 e. The molecule has 2 aliphatic rings. The summed E-state index contributed by atoms with van der Waals surface area (Å²) in [6, 6.07) is 3.48. The van der Waals surface area contributed by atoms with Crippen molar-refractivity contribution >= 4 is 35.2 Å². The van der Waals surface area contributed by atoms with Crippen LogP contribution in [-0.4, -0.2) is 68.9 Å². The standard InChI is InChI=1S/C21H20N6O5/c1-26(10-12-9-22-7-8-23-12)11-17(29)24-14-4-2-3-13-18(14)21(32)27(20(13)31)15-5-6-16(28)25-19(15)30/h2-4,7-9,15H,5-6,10-11H2,1H3,(H,24,29)(H,25,28,30). The Morgan fingerprint density at radius 1 is 1.22 bits per heavy atom. The molecule has 1 atom stereocenters. The van der Waals surface area contributed by atoms with Crippen LogP contribution in [0.25, 0.3) is 0 Å². The molecule has 1 unspecified atom stereocenters. The van der Waals surface area contributed by atoms with Crippen molar-refractivity contribution in [1.29, 1.82) is 0 Å². The first-order valence-corrected chi connectivity index (χ1v) is 9.93. The van der Waals surface area contributed by atoms with E-state index in [1.807, 2.05) is 0 Å². The number of benzene rings is 1. The number of fused-ring (bicyclic) bond motifs is 1. The second kappa shape index (κ2) is 8.63. The molecule has 0 spiro atoms. The Hall–Kier alpha value is -3.99. The van der Waals surface area contributed by atoms with Gasteiger partial charge in [0.25, 0.3) is 11.8 Å². The van der Waals surface area contributed by atoms with Crippen LogP contribution in [0.15, 0.2) is 36.8 Å². The monoisotopic (exact) mass is 436 g/mol. The smallest absolute Gasteiger partial charge is 0.264 e. The molecule has 1 fully saturated rings. The lowest BCUT2D eigenvalue weighted by Gasteiger charge is -2.27. The quantitative estimate of drug-likeness (QED) is 0.600. The maximum absolute atomic E-state index is 13.1. The summed E-state index contributed by atoms with van der Waals surface area (Å²) in [5.41, 5.74) is 1.02. The summed E-state index contributed by atoms with van der Waals surface area (Å²) in [5, 5.41) is 4.83. The number of carbonyl (C=O) groups excluding carboxylic acids is 5. The number of rotatable bonds is 6. The van der Waals surface area contributed by atoms with Crippen LogP contribution in [0.3, 0.4) is 0 Å². The summed E-state index contributed by atoms with van der Waals surface area (Å²) in [5.74, 6) is -2.82. The summed E-state index contributed by atoms with van der Waals surface area (Å²) in [6.45, 7) is 0.411. The van der Waals surface area contributed by atoms with Gasteiger partial charge in [0, 0.05) is 31.6 Å². The molecule has 1 aromatic carbocycles. The molecule has 2 aromatic rings. The summed E-state index contributed by atoms with van der Waals surface area (Å²) < 4.78 is 0. The first kappa shape index (κ1) is 21.2. The molecular weight excluding hydrogens is 416 g/mol. The Bertz CT molecular complexity index is 1120. The second-order valence-electron chi connectivity index (χ2n) is 7.59. The number of aromatic nitrogens is 2. The van der Waals surface area contributed by atoms with E-state index < -0.39 is 29.7 Å². The van der Waals surface area contributed by atoms with E-state index >= 15 is 0 Å². The molecule has 4 rings (SSSR count). The minimum absolute atomic E-state index is 0.0131. The van der Waals surface area contributed by atoms with Crippen LogP contribution in [0, 0.1) is 0 Å². The lowest BCUT2D eigenvalue weighted by Crippen LogP contribution is -2.54. The molecule has 32 heavy (non-hydrogen) atoms. The molecule has 0 saturated carbocycles. The molecule has 2 aliphatic heterocycles. The van der Waals surface area contributed by atoms with Gasteiger partial charge in [-0.3, -0.25) is 49.1 Å². The van der Waals surface area contributed by atoms with E-state index in [1.165, 1.54) is 12.1 Å². The lowest BCUT2D eigenvalue weighted by molar-refractivity contribution is -0.136. The molecule has 1 saturated heterocycles. The van der Waals surface area contributed by atoms with Gasteiger partial charge in [-0.25, -0.2) is 0 Å². The highest BCUT2D eigenvalue weighted by Crippen LogP contribution is 2.32. The molecule has 11 nitrogen and oxygen atoms in total. The van der Waals surface area contributed by atoms with Crippen LogP contribution in [-0.2, 0) is 20.9 Å². The number of hydrogen-bond acceptors (Lipinski definition) is 8. The zero-order chi connectivity index (χ0) is 22.8. The number of imide groups is 2. The van der Waals surface area contributed by atoms with Gasteiger partial charge in [0.05, 0.1) is 29.1 Å². The molecule has 0 radical (unpaired) electrons. The Labute approximate surface area is 182 Å².